The van der Waals surface area contributed by atoms with E-state index in [0.717, 1.165) is 16.5 Å². The standard InChI is InChI=1S/C15H18Cl3NO4S2/c1-4-22-13(21)11-12-19(5-6-24-11)9(14(2,3)25-12)7-10(20)23-8-15(16,17)18/h7H,4-6,8H2,1-3H3. The molecule has 0 spiro atoms. The Bertz CT molecular complexity index is 629. The predicted molar refractivity (Wildman–Crippen MR) is 104 cm³/mol. The summed E-state index contributed by atoms with van der Waals surface area (Å²) in [5.74, 6) is -0.211. The maximum absolute atomic E-state index is 12.2. The lowest BCUT2D eigenvalue weighted by atomic mass is 10.1. The summed E-state index contributed by atoms with van der Waals surface area (Å²) in [6.07, 6.45) is 1.40. The van der Waals surface area contributed by atoms with Crippen LogP contribution in [0.4, 0.5) is 0 Å². The number of rotatable bonds is 4. The molecule has 2 rings (SSSR count). The van der Waals surface area contributed by atoms with Crippen LogP contribution in [0.5, 0.6) is 0 Å². The molecule has 0 amide bonds. The van der Waals surface area contributed by atoms with Crippen LogP contribution in [0, 0.1) is 0 Å². The van der Waals surface area contributed by atoms with E-state index in [4.69, 9.17) is 44.3 Å². The molecule has 0 aromatic carbocycles. The van der Waals surface area contributed by atoms with Crippen LogP contribution in [0.15, 0.2) is 21.7 Å². The molecule has 2 heterocycles. The second-order valence-electron chi connectivity index (χ2n) is 5.72. The summed E-state index contributed by atoms with van der Waals surface area (Å²) in [4.78, 5) is 26.8. The molecule has 0 bridgehead atoms. The molecule has 140 valence electrons. The van der Waals surface area contributed by atoms with Crippen LogP contribution in [0.1, 0.15) is 20.8 Å². The van der Waals surface area contributed by atoms with E-state index in [0.29, 0.717) is 18.1 Å². The highest BCUT2D eigenvalue weighted by molar-refractivity contribution is 8.08. The van der Waals surface area contributed by atoms with Crippen molar-refractivity contribution >= 4 is 70.3 Å². The number of fused-ring (bicyclic) bond motifs is 1. The molecule has 0 radical (unpaired) electrons. The first-order valence-corrected chi connectivity index (χ1v) is 10.4. The van der Waals surface area contributed by atoms with E-state index in [2.05, 4.69) is 0 Å². The third kappa shape index (κ3) is 5.39. The molecule has 0 aromatic rings. The van der Waals surface area contributed by atoms with E-state index in [1.54, 1.807) is 6.92 Å². The summed E-state index contributed by atoms with van der Waals surface area (Å²) < 4.78 is 8.07. The minimum Gasteiger partial charge on any atom is -0.462 e. The van der Waals surface area contributed by atoms with Crippen LogP contribution < -0.4 is 0 Å². The third-order valence-electron chi connectivity index (χ3n) is 3.35. The van der Waals surface area contributed by atoms with E-state index in [1.807, 2.05) is 18.7 Å². The number of esters is 2. The van der Waals surface area contributed by atoms with Gasteiger partial charge < -0.3 is 14.4 Å². The Hall–Kier alpha value is -0.210. The summed E-state index contributed by atoms with van der Waals surface area (Å²) in [6, 6.07) is 0. The first kappa shape index (κ1) is 21.1. The van der Waals surface area contributed by atoms with Gasteiger partial charge in [-0.3, -0.25) is 0 Å². The number of hydrogen-bond acceptors (Lipinski definition) is 7. The van der Waals surface area contributed by atoms with Gasteiger partial charge in [0, 0.05) is 24.1 Å². The number of halogens is 3. The lowest BCUT2D eigenvalue weighted by Crippen LogP contribution is -2.30. The topological polar surface area (TPSA) is 55.8 Å². The van der Waals surface area contributed by atoms with Crippen LogP contribution >= 0.6 is 58.3 Å². The summed E-state index contributed by atoms with van der Waals surface area (Å²) in [7, 11) is 0. The van der Waals surface area contributed by atoms with Gasteiger partial charge in [-0.2, -0.15) is 0 Å². The number of alkyl halides is 3. The van der Waals surface area contributed by atoms with E-state index >= 15 is 0 Å². The molecule has 0 unspecified atom stereocenters. The van der Waals surface area contributed by atoms with Gasteiger partial charge in [-0.25, -0.2) is 9.59 Å². The van der Waals surface area contributed by atoms with E-state index in [-0.39, 0.29) is 12.6 Å². The highest BCUT2D eigenvalue weighted by atomic mass is 35.6. The molecule has 1 fully saturated rings. The van der Waals surface area contributed by atoms with Crippen LogP contribution in [0.2, 0.25) is 0 Å². The summed E-state index contributed by atoms with van der Waals surface area (Å²) in [6.45, 7) is 6.39. The van der Waals surface area contributed by atoms with Crippen LogP contribution in [-0.2, 0) is 19.1 Å². The summed E-state index contributed by atoms with van der Waals surface area (Å²) in [5, 5.41) is 0.806. The fourth-order valence-electron chi connectivity index (χ4n) is 2.38. The van der Waals surface area contributed by atoms with Crippen molar-refractivity contribution in [3.05, 3.63) is 21.7 Å². The van der Waals surface area contributed by atoms with Crippen molar-refractivity contribution < 1.29 is 19.1 Å². The second-order valence-corrected chi connectivity index (χ2v) is 11.0. The normalized spacial score (nSPS) is 21.4. The molecule has 0 atom stereocenters. The fourth-order valence-corrected chi connectivity index (χ4v) is 4.96. The SMILES string of the molecule is CCOC(=O)C1=C2SC(C)(C)C(=CC(=O)OCC(Cl)(Cl)Cl)N2CCS1. The molecule has 5 nitrogen and oxygen atoms in total. The Balaban J connectivity index is 2.28. The maximum Gasteiger partial charge on any atom is 0.347 e. The van der Waals surface area contributed by atoms with Crippen molar-refractivity contribution in [2.24, 2.45) is 0 Å². The number of carbonyl (C=O) groups excluding carboxylic acids is 2. The van der Waals surface area contributed by atoms with Gasteiger partial charge in [-0.05, 0) is 20.8 Å². The fraction of sp³-hybridized carbons (Fsp3) is 0.600. The highest BCUT2D eigenvalue weighted by Gasteiger charge is 2.44. The summed E-state index contributed by atoms with van der Waals surface area (Å²) >= 11 is 19.8. The Morgan fingerprint density at radius 3 is 2.60 bits per heavy atom. The van der Waals surface area contributed by atoms with E-state index < -0.39 is 14.5 Å². The zero-order valence-corrected chi connectivity index (χ0v) is 17.8. The van der Waals surface area contributed by atoms with Crippen molar-refractivity contribution in [2.45, 2.75) is 29.3 Å². The van der Waals surface area contributed by atoms with Gasteiger partial charge in [0.2, 0.25) is 3.79 Å². The van der Waals surface area contributed by atoms with E-state index in [9.17, 15) is 9.59 Å². The Labute approximate surface area is 170 Å². The molecule has 25 heavy (non-hydrogen) atoms. The van der Waals surface area contributed by atoms with Crippen molar-refractivity contribution in [2.75, 3.05) is 25.5 Å². The van der Waals surface area contributed by atoms with Gasteiger partial charge in [0.05, 0.1) is 16.4 Å². The smallest absolute Gasteiger partial charge is 0.347 e. The van der Waals surface area contributed by atoms with Gasteiger partial charge in [0.1, 0.15) is 11.5 Å². The van der Waals surface area contributed by atoms with Gasteiger partial charge in [-0.1, -0.05) is 46.6 Å². The minimum absolute atomic E-state index is 0.316. The summed E-state index contributed by atoms with van der Waals surface area (Å²) in [5.41, 5.74) is 0.754. The largest absolute Gasteiger partial charge is 0.462 e. The molecule has 10 heteroatoms. The quantitative estimate of drug-likeness (QED) is 0.366. The van der Waals surface area contributed by atoms with Crippen LogP contribution in [-0.4, -0.2) is 50.9 Å². The molecule has 0 N–H and O–H groups in total. The number of nitrogens with zero attached hydrogens (tertiary/aromatic N) is 1. The lowest BCUT2D eigenvalue weighted by Gasteiger charge is -2.28. The van der Waals surface area contributed by atoms with Crippen LogP contribution in [0.25, 0.3) is 0 Å². The third-order valence-corrected chi connectivity index (χ3v) is 6.18. The number of hydrogen-bond donors (Lipinski definition) is 0. The Morgan fingerprint density at radius 2 is 2.00 bits per heavy atom. The Kier molecular flexibility index (Phi) is 6.93. The van der Waals surface area contributed by atoms with Crippen molar-refractivity contribution in [3.8, 4) is 0 Å². The van der Waals surface area contributed by atoms with Gasteiger partial charge in [-0.15, -0.1) is 11.8 Å². The minimum atomic E-state index is -1.65. The monoisotopic (exact) mass is 445 g/mol. The average molecular weight is 447 g/mol. The maximum atomic E-state index is 12.2. The zero-order valence-electron chi connectivity index (χ0n) is 13.9. The van der Waals surface area contributed by atoms with Crippen molar-refractivity contribution in [1.29, 1.82) is 0 Å². The lowest BCUT2D eigenvalue weighted by molar-refractivity contribution is -0.138. The molecule has 2 aliphatic heterocycles. The van der Waals surface area contributed by atoms with Crippen LogP contribution in [0.3, 0.4) is 0 Å². The number of thioether (sulfide) groups is 2. The van der Waals surface area contributed by atoms with Crippen molar-refractivity contribution in [3.63, 3.8) is 0 Å². The van der Waals surface area contributed by atoms with Gasteiger partial charge in [0.25, 0.3) is 0 Å². The molecule has 0 aliphatic carbocycles. The number of ether oxygens (including phenoxy) is 2. The predicted octanol–water partition coefficient (Wildman–Crippen LogP) is 4.09. The van der Waals surface area contributed by atoms with Gasteiger partial charge >= 0.3 is 11.9 Å². The molecule has 0 aromatic heterocycles. The van der Waals surface area contributed by atoms with Crippen molar-refractivity contribution in [1.82, 2.24) is 4.90 Å². The number of carbonyl (C=O) groups is 2. The second kappa shape index (κ2) is 8.21. The highest BCUT2D eigenvalue weighted by Crippen LogP contribution is 2.53. The van der Waals surface area contributed by atoms with Gasteiger partial charge in [0.15, 0.2) is 0 Å². The first-order chi connectivity index (χ1) is 11.5. The molecule has 0 saturated carbocycles. The van der Waals surface area contributed by atoms with E-state index in [1.165, 1.54) is 29.6 Å². The average Bonchev–Trinajstić information content (AvgIpc) is 2.75. The Morgan fingerprint density at radius 1 is 1.32 bits per heavy atom. The molecule has 2 aliphatic rings. The molecular formula is C15H18Cl3NO4S2. The molecule has 1 saturated heterocycles. The zero-order chi connectivity index (χ0) is 18.8. The molecular weight excluding hydrogens is 429 g/mol. The first-order valence-electron chi connectivity index (χ1n) is 7.51.